The highest BCUT2D eigenvalue weighted by molar-refractivity contribution is 9.11. The number of aromatic amines is 2. The Kier molecular flexibility index (Phi) is 5.20. The first-order chi connectivity index (χ1) is 8.63. The zero-order chi connectivity index (χ0) is 13.5. The van der Waals surface area contributed by atoms with Crippen molar-refractivity contribution in [2.75, 3.05) is 0 Å². The summed E-state index contributed by atoms with van der Waals surface area (Å²) in [7, 11) is 0. The predicted molar refractivity (Wildman–Crippen MR) is 71.1 cm³/mol. The Morgan fingerprint density at radius 3 is 2.06 bits per heavy atom. The van der Waals surface area contributed by atoms with E-state index in [1.165, 1.54) is 0 Å². The fraction of sp³-hybridized carbons (Fsp3) is 0. The maximum Gasteiger partial charge on any atom is 0.134 e. The van der Waals surface area contributed by atoms with Gasteiger partial charge in [-0.25, -0.2) is 0 Å². The summed E-state index contributed by atoms with van der Waals surface area (Å²) in [5.41, 5.74) is 1.45. The molecular weight excluding hydrogens is 362 g/mol. The first-order valence-corrected chi connectivity index (χ1v) is 6.12. The summed E-state index contributed by atoms with van der Waals surface area (Å²) in [6.45, 7) is 0. The minimum absolute atomic E-state index is 0.355. The van der Waals surface area contributed by atoms with Crippen molar-refractivity contribution in [1.82, 2.24) is 9.97 Å². The molecule has 88 valence electrons. The molecule has 0 atom stereocenters. The summed E-state index contributed by atoms with van der Waals surface area (Å²) in [6, 6.07) is 7.55. The molecule has 0 saturated heterocycles. The van der Waals surface area contributed by atoms with Crippen molar-refractivity contribution in [2.45, 2.75) is 0 Å². The van der Waals surface area contributed by atoms with Gasteiger partial charge in [0.05, 0.1) is 15.6 Å². The Bertz CT molecular complexity index is 649. The molecule has 18 heavy (non-hydrogen) atoms. The summed E-state index contributed by atoms with van der Waals surface area (Å²) in [5, 5.41) is 25.2. The van der Waals surface area contributed by atoms with Crippen molar-refractivity contribution in [1.29, 1.82) is 15.8 Å². The number of nitrogens with one attached hydrogen (secondary N) is 2. The summed E-state index contributed by atoms with van der Waals surface area (Å²) in [4.78, 5) is 5.46. The molecule has 2 aromatic heterocycles. The number of rotatable bonds is 0. The molecule has 2 N–H and O–H groups in total. The van der Waals surface area contributed by atoms with Gasteiger partial charge in [-0.3, -0.25) is 0 Å². The van der Waals surface area contributed by atoms with E-state index in [0.29, 0.717) is 25.9 Å². The molecule has 0 amide bonds. The summed E-state index contributed by atoms with van der Waals surface area (Å²) < 4.78 is 1.04. The van der Waals surface area contributed by atoms with Crippen LogP contribution in [0.15, 0.2) is 27.5 Å². The lowest BCUT2D eigenvalue weighted by atomic mass is 10.3. The van der Waals surface area contributed by atoms with Gasteiger partial charge in [-0.05, 0) is 37.9 Å². The monoisotopic (exact) mass is 365 g/mol. The Balaban J connectivity index is 0.000000199. The number of hydrogen-bond acceptors (Lipinski definition) is 3. The second-order valence-corrected chi connectivity index (χ2v) is 4.52. The van der Waals surface area contributed by atoms with Crippen LogP contribution in [0.2, 0.25) is 0 Å². The lowest BCUT2D eigenvalue weighted by Gasteiger charge is -1.80. The Morgan fingerprint density at radius 1 is 1.06 bits per heavy atom. The molecule has 2 aromatic rings. The second-order valence-electron chi connectivity index (χ2n) is 2.94. The molecule has 2 rings (SSSR count). The first-order valence-electron chi connectivity index (χ1n) is 4.54. The van der Waals surface area contributed by atoms with Gasteiger partial charge >= 0.3 is 0 Å². The first kappa shape index (κ1) is 14.1. The molecule has 0 aliphatic heterocycles. The van der Waals surface area contributed by atoms with E-state index in [2.05, 4.69) is 41.8 Å². The highest BCUT2D eigenvalue weighted by atomic mass is 79.9. The number of aromatic nitrogens is 2. The third kappa shape index (κ3) is 3.24. The molecule has 0 radical (unpaired) electrons. The van der Waals surface area contributed by atoms with E-state index in [1.54, 1.807) is 18.5 Å². The van der Waals surface area contributed by atoms with Crippen LogP contribution in [0.25, 0.3) is 0 Å². The van der Waals surface area contributed by atoms with Crippen LogP contribution in [-0.4, -0.2) is 9.97 Å². The lowest BCUT2D eigenvalue weighted by Crippen LogP contribution is -1.71. The quantitative estimate of drug-likeness (QED) is 0.748. The van der Waals surface area contributed by atoms with E-state index < -0.39 is 0 Å². The summed E-state index contributed by atoms with van der Waals surface area (Å²) >= 11 is 6.23. The Labute approximate surface area is 120 Å². The topological polar surface area (TPSA) is 103 Å². The molecule has 2 heterocycles. The summed E-state index contributed by atoms with van der Waals surface area (Å²) in [5.74, 6) is 0. The SMILES string of the molecule is N#Cc1[nH]c(Br)c(C#N)c1Br.N#Cc1cc[nH]c1. The number of halogens is 2. The molecule has 0 aliphatic carbocycles. The molecule has 7 heteroatoms. The van der Waals surface area contributed by atoms with Gasteiger partial charge in [0.25, 0.3) is 0 Å². The largest absolute Gasteiger partial charge is 0.366 e. The van der Waals surface area contributed by atoms with Crippen LogP contribution >= 0.6 is 31.9 Å². The van der Waals surface area contributed by atoms with E-state index in [-0.39, 0.29) is 0 Å². The van der Waals surface area contributed by atoms with Crippen LogP contribution in [0.3, 0.4) is 0 Å². The van der Waals surface area contributed by atoms with Gasteiger partial charge in [-0.15, -0.1) is 0 Å². The van der Waals surface area contributed by atoms with Gasteiger partial charge in [-0.1, -0.05) is 0 Å². The zero-order valence-corrected chi connectivity index (χ0v) is 12.0. The molecule has 0 unspecified atom stereocenters. The summed E-state index contributed by atoms with van der Waals surface area (Å²) in [6.07, 6.45) is 3.37. The van der Waals surface area contributed by atoms with E-state index >= 15 is 0 Å². The van der Waals surface area contributed by atoms with Crippen LogP contribution in [0.1, 0.15) is 16.8 Å². The molecule has 5 nitrogen and oxygen atoms in total. The molecule has 0 bridgehead atoms. The van der Waals surface area contributed by atoms with E-state index in [9.17, 15) is 0 Å². The standard InChI is InChI=1S/C6HBr2N3.C5H4N2/c7-5-3(1-9)6(8)11-4(5)2-10;6-3-5-1-2-7-4-5/h11H;1-2,4,7H. The van der Waals surface area contributed by atoms with E-state index in [0.717, 1.165) is 0 Å². The van der Waals surface area contributed by atoms with Gasteiger partial charge in [0.1, 0.15) is 28.5 Å². The Hall–Kier alpha value is -2.01. The molecule has 0 saturated carbocycles. The van der Waals surface area contributed by atoms with Gasteiger partial charge in [0.2, 0.25) is 0 Å². The minimum Gasteiger partial charge on any atom is -0.366 e. The smallest absolute Gasteiger partial charge is 0.134 e. The molecule has 0 aliphatic rings. The third-order valence-electron chi connectivity index (χ3n) is 1.84. The number of nitrogens with zero attached hydrogens (tertiary/aromatic N) is 3. The Morgan fingerprint density at radius 2 is 1.78 bits per heavy atom. The second kappa shape index (κ2) is 6.66. The van der Waals surface area contributed by atoms with E-state index in [1.807, 2.05) is 18.2 Å². The minimum atomic E-state index is 0.355. The van der Waals surface area contributed by atoms with Crippen molar-refractivity contribution in [3.8, 4) is 18.2 Å². The van der Waals surface area contributed by atoms with Crippen LogP contribution in [0.4, 0.5) is 0 Å². The van der Waals surface area contributed by atoms with Crippen molar-refractivity contribution in [2.24, 2.45) is 0 Å². The van der Waals surface area contributed by atoms with Crippen LogP contribution in [-0.2, 0) is 0 Å². The van der Waals surface area contributed by atoms with Gasteiger partial charge in [-0.2, -0.15) is 15.8 Å². The molecular formula is C11H5Br2N5. The fourth-order valence-corrected chi connectivity index (χ4v) is 2.24. The van der Waals surface area contributed by atoms with Crippen molar-refractivity contribution >= 4 is 31.9 Å². The lowest BCUT2D eigenvalue weighted by molar-refractivity contribution is 1.29. The van der Waals surface area contributed by atoms with Gasteiger partial charge < -0.3 is 9.97 Å². The fourth-order valence-electron chi connectivity index (χ4n) is 1.02. The average molecular weight is 367 g/mol. The maximum atomic E-state index is 8.57. The van der Waals surface area contributed by atoms with Gasteiger partial charge in [0.15, 0.2) is 0 Å². The van der Waals surface area contributed by atoms with Crippen LogP contribution in [0.5, 0.6) is 0 Å². The normalized spacial score (nSPS) is 8.39. The number of nitriles is 3. The average Bonchev–Trinajstić information content (AvgIpc) is 2.98. The van der Waals surface area contributed by atoms with Crippen molar-refractivity contribution in [3.05, 3.63) is 44.4 Å². The predicted octanol–water partition coefficient (Wildman–Crippen LogP) is 3.17. The third-order valence-corrected chi connectivity index (χ3v) is 3.23. The highest BCUT2D eigenvalue weighted by Gasteiger charge is 2.12. The molecule has 0 aromatic carbocycles. The maximum absolute atomic E-state index is 8.57. The molecule has 0 fully saturated rings. The zero-order valence-electron chi connectivity index (χ0n) is 8.83. The van der Waals surface area contributed by atoms with E-state index in [4.69, 9.17) is 15.8 Å². The van der Waals surface area contributed by atoms with Crippen molar-refractivity contribution in [3.63, 3.8) is 0 Å². The van der Waals surface area contributed by atoms with Crippen molar-refractivity contribution < 1.29 is 0 Å². The van der Waals surface area contributed by atoms with Crippen LogP contribution in [0, 0.1) is 34.0 Å². The highest BCUT2D eigenvalue weighted by Crippen LogP contribution is 2.27. The van der Waals surface area contributed by atoms with Crippen LogP contribution < -0.4 is 0 Å². The molecule has 0 spiro atoms. The van der Waals surface area contributed by atoms with Gasteiger partial charge in [0, 0.05) is 12.4 Å². The number of H-pyrrole nitrogens is 2. The number of hydrogen-bond donors (Lipinski definition) is 2.